The third-order valence-corrected chi connectivity index (χ3v) is 3.56. The molecule has 0 unspecified atom stereocenters. The molecule has 0 fully saturated rings. The third kappa shape index (κ3) is 2.47. The molecular weight excluding hydrogens is 406 g/mol. The number of aromatic nitrogens is 1. The summed E-state index contributed by atoms with van der Waals surface area (Å²) in [7, 11) is 0. The molecule has 0 amide bonds. The van der Waals surface area contributed by atoms with E-state index in [1.807, 2.05) is 24.3 Å². The Morgan fingerprint density at radius 2 is 1.94 bits per heavy atom. The molecule has 0 aliphatic rings. The molecule has 1 radical (unpaired) electrons. The van der Waals surface area contributed by atoms with Crippen LogP contribution in [0.5, 0.6) is 0 Å². The second kappa shape index (κ2) is 5.09. The van der Waals surface area contributed by atoms with Crippen molar-refractivity contribution in [2.24, 2.45) is 0 Å². The topological polar surface area (TPSA) is 12.9 Å². The number of rotatable bonds is 1. The first-order valence-electron chi connectivity index (χ1n) is 5.17. The smallest absolute Gasteiger partial charge is 0.0697 e. The van der Waals surface area contributed by atoms with Gasteiger partial charge in [-0.2, -0.15) is 11.3 Å². The first-order valence-corrected chi connectivity index (χ1v) is 5.99. The Morgan fingerprint density at radius 1 is 1.12 bits per heavy atom. The maximum Gasteiger partial charge on any atom is 0.0697 e. The summed E-state index contributed by atoms with van der Waals surface area (Å²) in [4.78, 5) is 4.60. The van der Waals surface area contributed by atoms with E-state index in [9.17, 15) is 0 Å². The first-order chi connectivity index (χ1) is 7.83. The second-order valence-corrected chi connectivity index (χ2v) is 4.80. The van der Waals surface area contributed by atoms with Crippen LogP contribution in [0.3, 0.4) is 0 Å². The fraction of sp³-hybridized carbons (Fsp3) is 0.0714. The van der Waals surface area contributed by atoms with E-state index < -0.39 is 0 Å². The molecule has 0 bridgehead atoms. The van der Waals surface area contributed by atoms with E-state index in [4.69, 9.17) is 0 Å². The Labute approximate surface area is 118 Å². The van der Waals surface area contributed by atoms with E-state index in [1.165, 1.54) is 10.3 Å². The molecule has 0 aliphatic carbocycles. The largest absolute Gasteiger partial charge is 0.285 e. The number of para-hydroxylation sites is 1. The summed E-state index contributed by atoms with van der Waals surface area (Å²) < 4.78 is 1.23. The van der Waals surface area contributed by atoms with E-state index in [0.29, 0.717) is 0 Å². The molecule has 3 aromatic rings. The molecule has 2 aromatic carbocycles. The number of benzene rings is 2. The number of aryl methyl sites for hydroxylation is 1. The fourth-order valence-corrected chi connectivity index (χ4v) is 2.58. The van der Waals surface area contributed by atoms with Gasteiger partial charge in [-0.15, -0.1) is 35.4 Å². The van der Waals surface area contributed by atoms with Crippen LogP contribution in [-0.2, 0) is 20.1 Å². The van der Waals surface area contributed by atoms with Crippen LogP contribution in [0.4, 0.5) is 0 Å². The van der Waals surface area contributed by atoms with Crippen LogP contribution in [0.25, 0.3) is 20.8 Å². The van der Waals surface area contributed by atoms with Gasteiger partial charge in [-0.25, -0.2) is 0 Å². The van der Waals surface area contributed by atoms with Crippen molar-refractivity contribution in [1.29, 1.82) is 0 Å². The van der Waals surface area contributed by atoms with Crippen LogP contribution < -0.4 is 0 Å². The summed E-state index contributed by atoms with van der Waals surface area (Å²) in [6.45, 7) is 2.07. The standard InChI is InChI=1S/C14H10NS.Ir/c1-10-6-8-11(9-7-10)14-15-12-4-2-3-5-13(12)16-14;/h2-8H,1H3;/q-1;. The minimum absolute atomic E-state index is 0. The van der Waals surface area contributed by atoms with E-state index in [-0.39, 0.29) is 20.1 Å². The van der Waals surface area contributed by atoms with Gasteiger partial charge in [0.05, 0.1) is 5.52 Å². The first kappa shape index (κ1) is 12.4. The summed E-state index contributed by atoms with van der Waals surface area (Å²) in [6.07, 6.45) is 0. The maximum absolute atomic E-state index is 4.60. The number of fused-ring (bicyclic) bond motifs is 1. The summed E-state index contributed by atoms with van der Waals surface area (Å²) in [5.74, 6) is 0. The van der Waals surface area contributed by atoms with Crippen molar-refractivity contribution in [3.63, 3.8) is 0 Å². The van der Waals surface area contributed by atoms with Gasteiger partial charge in [-0.05, 0) is 12.1 Å². The second-order valence-electron chi connectivity index (χ2n) is 3.77. The molecule has 1 aromatic heterocycles. The van der Waals surface area contributed by atoms with Gasteiger partial charge in [-0.1, -0.05) is 19.1 Å². The minimum Gasteiger partial charge on any atom is -0.285 e. The summed E-state index contributed by atoms with van der Waals surface area (Å²) in [5, 5.41) is 1.04. The monoisotopic (exact) mass is 417 g/mol. The van der Waals surface area contributed by atoms with Gasteiger partial charge in [0.2, 0.25) is 0 Å². The molecule has 0 spiro atoms. The minimum atomic E-state index is 0. The molecule has 0 aliphatic heterocycles. The van der Waals surface area contributed by atoms with Crippen molar-refractivity contribution in [2.45, 2.75) is 6.92 Å². The Hall–Kier alpha value is -1.02. The van der Waals surface area contributed by atoms with Crippen LogP contribution in [0.15, 0.2) is 42.5 Å². The number of thiazole rings is 1. The molecule has 0 saturated carbocycles. The zero-order valence-electron chi connectivity index (χ0n) is 9.23. The summed E-state index contributed by atoms with van der Waals surface area (Å²) in [6, 6.07) is 17.6. The van der Waals surface area contributed by atoms with Crippen LogP contribution in [0.2, 0.25) is 0 Å². The molecule has 0 N–H and O–H groups in total. The van der Waals surface area contributed by atoms with Gasteiger partial charge in [0.15, 0.2) is 0 Å². The van der Waals surface area contributed by atoms with Gasteiger partial charge >= 0.3 is 0 Å². The normalized spacial score (nSPS) is 10.2. The van der Waals surface area contributed by atoms with Crippen molar-refractivity contribution in [3.05, 3.63) is 54.1 Å². The van der Waals surface area contributed by atoms with Gasteiger partial charge < -0.3 is 0 Å². The van der Waals surface area contributed by atoms with Gasteiger partial charge in [0, 0.05) is 29.8 Å². The van der Waals surface area contributed by atoms with Gasteiger partial charge in [-0.3, -0.25) is 4.98 Å². The third-order valence-electron chi connectivity index (χ3n) is 2.49. The predicted octanol–water partition coefficient (Wildman–Crippen LogP) is 4.07. The Kier molecular flexibility index (Phi) is 3.72. The van der Waals surface area contributed by atoms with Crippen molar-refractivity contribution in [2.75, 3.05) is 0 Å². The van der Waals surface area contributed by atoms with Crippen molar-refractivity contribution in [1.82, 2.24) is 4.98 Å². The SMILES string of the molecule is Cc1c[c-]c(-c2nc3ccccc3s2)cc1.[Ir]. The molecule has 0 atom stereocenters. The van der Waals surface area contributed by atoms with E-state index in [1.54, 1.807) is 11.3 Å². The molecule has 3 heteroatoms. The predicted molar refractivity (Wildman–Crippen MR) is 68.6 cm³/mol. The Bertz CT molecular complexity index is 595. The molecule has 0 saturated heterocycles. The number of nitrogens with zero attached hydrogens (tertiary/aromatic N) is 1. The molecule has 1 nitrogen and oxygen atoms in total. The van der Waals surface area contributed by atoms with Crippen molar-refractivity contribution in [3.8, 4) is 10.6 Å². The summed E-state index contributed by atoms with van der Waals surface area (Å²) in [5.41, 5.74) is 3.37. The molecule has 1 heterocycles. The fourth-order valence-electron chi connectivity index (χ4n) is 1.62. The van der Waals surface area contributed by atoms with E-state index >= 15 is 0 Å². The molecule has 3 rings (SSSR count). The van der Waals surface area contributed by atoms with Crippen molar-refractivity contribution >= 4 is 21.6 Å². The average molecular weight is 417 g/mol. The molecule has 17 heavy (non-hydrogen) atoms. The van der Waals surface area contributed by atoms with Crippen molar-refractivity contribution < 1.29 is 20.1 Å². The summed E-state index contributed by atoms with van der Waals surface area (Å²) >= 11 is 1.71. The average Bonchev–Trinajstić information content (AvgIpc) is 2.73. The molecular formula is C14H10IrNS-. The number of hydrogen-bond donors (Lipinski definition) is 0. The number of hydrogen-bond acceptors (Lipinski definition) is 2. The maximum atomic E-state index is 4.60. The van der Waals surface area contributed by atoms with Crippen LogP contribution in [-0.4, -0.2) is 4.98 Å². The van der Waals surface area contributed by atoms with E-state index in [0.717, 1.165) is 16.1 Å². The van der Waals surface area contributed by atoms with Crippen LogP contribution >= 0.6 is 11.3 Å². The molecule has 87 valence electrons. The Morgan fingerprint density at radius 3 is 2.65 bits per heavy atom. The quantitative estimate of drug-likeness (QED) is 0.545. The van der Waals surface area contributed by atoms with Gasteiger partial charge in [0.1, 0.15) is 0 Å². The zero-order chi connectivity index (χ0) is 11.0. The van der Waals surface area contributed by atoms with Crippen LogP contribution in [0, 0.1) is 13.0 Å². The van der Waals surface area contributed by atoms with Gasteiger partial charge in [0.25, 0.3) is 0 Å². The Balaban J connectivity index is 0.00000108. The zero-order valence-corrected chi connectivity index (χ0v) is 12.4. The van der Waals surface area contributed by atoms with E-state index in [2.05, 4.69) is 36.2 Å². The van der Waals surface area contributed by atoms with Crippen LogP contribution in [0.1, 0.15) is 5.56 Å².